The number of fused-ring (bicyclic) bond motifs is 1. The van der Waals surface area contributed by atoms with Gasteiger partial charge in [-0.3, -0.25) is 4.79 Å². The minimum Gasteiger partial charge on any atom is -0.463 e. The van der Waals surface area contributed by atoms with Crippen molar-refractivity contribution in [1.29, 1.82) is 0 Å². The fourth-order valence-electron chi connectivity index (χ4n) is 2.94. The summed E-state index contributed by atoms with van der Waals surface area (Å²) in [7, 11) is 0. The van der Waals surface area contributed by atoms with E-state index in [4.69, 9.17) is 4.42 Å². The van der Waals surface area contributed by atoms with Crippen molar-refractivity contribution in [2.75, 3.05) is 6.54 Å². The van der Waals surface area contributed by atoms with E-state index in [0.717, 1.165) is 18.1 Å². The molecule has 0 unspecified atom stereocenters. The lowest BCUT2D eigenvalue weighted by Gasteiger charge is -2.09. The summed E-state index contributed by atoms with van der Waals surface area (Å²) in [4.78, 5) is 20.3. The number of alkyl halides is 3. The van der Waals surface area contributed by atoms with E-state index in [-0.39, 0.29) is 23.1 Å². The average Bonchev–Trinajstić information content (AvgIpc) is 3.40. The Morgan fingerprint density at radius 2 is 1.90 bits per heavy atom. The summed E-state index contributed by atoms with van der Waals surface area (Å²) in [6, 6.07) is 13.6. The van der Waals surface area contributed by atoms with E-state index in [1.165, 1.54) is 18.4 Å². The van der Waals surface area contributed by atoms with Gasteiger partial charge in [-0.05, 0) is 36.6 Å². The van der Waals surface area contributed by atoms with Crippen molar-refractivity contribution < 1.29 is 22.4 Å². The van der Waals surface area contributed by atoms with Gasteiger partial charge in [0.2, 0.25) is 5.82 Å². The SMILES string of the molecule is O=C(NCCCc1ccccc1)c1nc2nc(-c3ccco3)cc(C(F)(F)F)n2n1. The number of halogens is 3. The Labute approximate surface area is 168 Å². The van der Waals surface area contributed by atoms with Crippen molar-refractivity contribution in [3.8, 4) is 11.5 Å². The average molecular weight is 415 g/mol. The smallest absolute Gasteiger partial charge is 0.433 e. The normalized spacial score (nSPS) is 11.7. The van der Waals surface area contributed by atoms with Crippen LogP contribution in [0, 0.1) is 0 Å². The largest absolute Gasteiger partial charge is 0.463 e. The molecule has 0 fully saturated rings. The lowest BCUT2D eigenvalue weighted by atomic mass is 10.1. The van der Waals surface area contributed by atoms with E-state index in [9.17, 15) is 18.0 Å². The van der Waals surface area contributed by atoms with E-state index < -0.39 is 17.8 Å². The van der Waals surface area contributed by atoms with Crippen LogP contribution in [0.15, 0.2) is 59.2 Å². The molecular weight excluding hydrogens is 399 g/mol. The van der Waals surface area contributed by atoms with E-state index in [1.54, 1.807) is 0 Å². The molecule has 0 radical (unpaired) electrons. The highest BCUT2D eigenvalue weighted by Crippen LogP contribution is 2.31. The molecule has 1 aromatic carbocycles. The molecule has 4 aromatic rings. The minimum atomic E-state index is -4.72. The number of hydrogen-bond acceptors (Lipinski definition) is 5. The Morgan fingerprint density at radius 1 is 1.10 bits per heavy atom. The van der Waals surface area contributed by atoms with Crippen molar-refractivity contribution in [1.82, 2.24) is 24.9 Å². The van der Waals surface area contributed by atoms with E-state index in [0.29, 0.717) is 17.5 Å². The van der Waals surface area contributed by atoms with Crippen molar-refractivity contribution in [3.05, 3.63) is 71.9 Å². The van der Waals surface area contributed by atoms with Crippen LogP contribution in [0.5, 0.6) is 0 Å². The number of benzene rings is 1. The first-order valence-electron chi connectivity index (χ1n) is 9.13. The van der Waals surface area contributed by atoms with Crippen LogP contribution in [0.4, 0.5) is 13.2 Å². The first-order chi connectivity index (χ1) is 14.4. The first-order valence-corrected chi connectivity index (χ1v) is 9.13. The number of nitrogens with zero attached hydrogens (tertiary/aromatic N) is 4. The maximum Gasteiger partial charge on any atom is 0.433 e. The second-order valence-electron chi connectivity index (χ2n) is 6.49. The van der Waals surface area contributed by atoms with Crippen LogP contribution in [-0.2, 0) is 12.6 Å². The van der Waals surface area contributed by atoms with Crippen molar-refractivity contribution in [3.63, 3.8) is 0 Å². The Hall–Kier alpha value is -3.69. The molecule has 1 amide bonds. The maximum atomic E-state index is 13.5. The van der Waals surface area contributed by atoms with Gasteiger partial charge in [0.15, 0.2) is 11.5 Å². The Balaban J connectivity index is 1.54. The van der Waals surface area contributed by atoms with Crippen LogP contribution in [0.3, 0.4) is 0 Å². The van der Waals surface area contributed by atoms with Gasteiger partial charge in [0.25, 0.3) is 11.7 Å². The number of carbonyl (C=O) groups is 1. The maximum absolute atomic E-state index is 13.5. The summed E-state index contributed by atoms with van der Waals surface area (Å²) in [6.07, 6.45) is -1.98. The van der Waals surface area contributed by atoms with E-state index in [2.05, 4.69) is 20.4 Å². The number of rotatable bonds is 6. The zero-order chi connectivity index (χ0) is 21.1. The summed E-state index contributed by atoms with van der Waals surface area (Å²) >= 11 is 0. The molecule has 3 heterocycles. The van der Waals surface area contributed by atoms with Crippen molar-refractivity contribution in [2.24, 2.45) is 0 Å². The van der Waals surface area contributed by atoms with Crippen molar-refractivity contribution in [2.45, 2.75) is 19.0 Å². The molecule has 3 aromatic heterocycles. The first kappa shape index (κ1) is 19.6. The van der Waals surface area contributed by atoms with Crippen LogP contribution in [0.1, 0.15) is 28.3 Å². The standard InChI is InChI=1S/C20H16F3N5O2/c21-20(22,23)16-12-14(15-9-5-11-30-15)25-19-26-17(27-28(16)19)18(29)24-10-4-8-13-6-2-1-3-7-13/h1-3,5-7,9,11-12H,4,8,10H2,(H,24,29). The topological polar surface area (TPSA) is 85.3 Å². The molecule has 4 rings (SSSR count). The molecule has 0 bridgehead atoms. The molecular formula is C20H16F3N5O2. The van der Waals surface area contributed by atoms with Gasteiger partial charge in [0, 0.05) is 6.54 Å². The van der Waals surface area contributed by atoms with Gasteiger partial charge >= 0.3 is 6.18 Å². The van der Waals surface area contributed by atoms with Crippen LogP contribution >= 0.6 is 0 Å². The van der Waals surface area contributed by atoms with E-state index in [1.807, 2.05) is 30.3 Å². The number of carbonyl (C=O) groups excluding carboxylic acids is 1. The Kier molecular flexibility index (Phi) is 5.21. The molecule has 154 valence electrons. The molecule has 0 aliphatic carbocycles. The molecule has 0 saturated carbocycles. The molecule has 1 N–H and O–H groups in total. The third kappa shape index (κ3) is 4.17. The highest BCUT2D eigenvalue weighted by atomic mass is 19.4. The van der Waals surface area contributed by atoms with Crippen LogP contribution < -0.4 is 5.32 Å². The molecule has 0 aliphatic heterocycles. The van der Waals surface area contributed by atoms with Crippen molar-refractivity contribution >= 4 is 11.7 Å². The van der Waals surface area contributed by atoms with Crippen LogP contribution in [0.25, 0.3) is 17.2 Å². The van der Waals surface area contributed by atoms with Gasteiger partial charge in [-0.25, -0.2) is 4.98 Å². The molecule has 7 nitrogen and oxygen atoms in total. The summed E-state index contributed by atoms with van der Waals surface area (Å²) in [5.41, 5.74) is -0.0290. The van der Waals surface area contributed by atoms with Gasteiger partial charge in [-0.15, -0.1) is 5.10 Å². The number of aromatic nitrogens is 4. The monoisotopic (exact) mass is 415 g/mol. The van der Waals surface area contributed by atoms with Gasteiger partial charge in [0.1, 0.15) is 5.69 Å². The second-order valence-corrected chi connectivity index (χ2v) is 6.49. The highest BCUT2D eigenvalue weighted by Gasteiger charge is 2.36. The van der Waals surface area contributed by atoms with Gasteiger partial charge < -0.3 is 9.73 Å². The quantitative estimate of drug-likeness (QED) is 0.485. The number of furan rings is 1. The lowest BCUT2D eigenvalue weighted by molar-refractivity contribution is -0.142. The fourth-order valence-corrected chi connectivity index (χ4v) is 2.94. The fraction of sp³-hybridized carbons (Fsp3) is 0.200. The zero-order valence-corrected chi connectivity index (χ0v) is 15.6. The molecule has 30 heavy (non-hydrogen) atoms. The Morgan fingerprint density at radius 3 is 2.60 bits per heavy atom. The van der Waals surface area contributed by atoms with Gasteiger partial charge in [0.05, 0.1) is 6.26 Å². The van der Waals surface area contributed by atoms with Crippen LogP contribution in [0.2, 0.25) is 0 Å². The van der Waals surface area contributed by atoms with Gasteiger partial charge in [-0.2, -0.15) is 22.7 Å². The predicted octanol–water partition coefficient (Wildman–Crippen LogP) is 3.77. The number of hydrogen-bond donors (Lipinski definition) is 1. The molecule has 0 aliphatic rings. The summed E-state index contributed by atoms with van der Waals surface area (Å²) < 4.78 is 46.2. The summed E-state index contributed by atoms with van der Waals surface area (Å²) in [6.45, 7) is 0.334. The summed E-state index contributed by atoms with van der Waals surface area (Å²) in [5.74, 6) is -1.24. The second kappa shape index (κ2) is 7.97. The van der Waals surface area contributed by atoms with Gasteiger partial charge in [-0.1, -0.05) is 30.3 Å². The lowest BCUT2D eigenvalue weighted by Crippen LogP contribution is -2.26. The third-order valence-electron chi connectivity index (χ3n) is 4.35. The summed E-state index contributed by atoms with van der Waals surface area (Å²) in [5, 5.41) is 6.34. The molecule has 10 heteroatoms. The van der Waals surface area contributed by atoms with E-state index >= 15 is 0 Å². The zero-order valence-electron chi connectivity index (χ0n) is 15.6. The molecule has 0 atom stereocenters. The molecule has 0 saturated heterocycles. The third-order valence-corrected chi connectivity index (χ3v) is 4.35. The highest BCUT2D eigenvalue weighted by molar-refractivity contribution is 5.90. The number of nitrogens with one attached hydrogen (secondary N) is 1. The molecule has 0 spiro atoms. The number of amides is 1. The van der Waals surface area contributed by atoms with Crippen LogP contribution in [-0.4, -0.2) is 32.0 Å². The Bertz CT molecular complexity index is 1150. The minimum absolute atomic E-state index is 0.0537. The predicted molar refractivity (Wildman–Crippen MR) is 101 cm³/mol. The number of aryl methyl sites for hydroxylation is 1.